The first-order valence-corrected chi connectivity index (χ1v) is 9.52. The van der Waals surface area contributed by atoms with Crippen molar-refractivity contribution in [3.63, 3.8) is 0 Å². The third-order valence-corrected chi connectivity index (χ3v) is 4.29. The van der Waals surface area contributed by atoms with Gasteiger partial charge in [-0.3, -0.25) is 0 Å². The number of benzene rings is 3. The largest absolute Gasteiger partial charge is 0.497 e. The van der Waals surface area contributed by atoms with Gasteiger partial charge < -0.3 is 18.9 Å². The molecule has 0 saturated carbocycles. The Morgan fingerprint density at radius 2 is 1.40 bits per heavy atom. The van der Waals surface area contributed by atoms with Crippen molar-refractivity contribution < 1.29 is 18.9 Å². The van der Waals surface area contributed by atoms with Crippen LogP contribution in [0.25, 0.3) is 0 Å². The van der Waals surface area contributed by atoms with E-state index in [1.165, 1.54) is 5.56 Å². The number of aliphatic imine (C=N–C) groups is 1. The van der Waals surface area contributed by atoms with Gasteiger partial charge in [-0.25, -0.2) is 4.99 Å². The van der Waals surface area contributed by atoms with Gasteiger partial charge in [-0.1, -0.05) is 23.8 Å². The average molecular weight is 403 g/mol. The smallest absolute Gasteiger partial charge is 0.225 e. The predicted molar refractivity (Wildman–Crippen MR) is 119 cm³/mol. The summed E-state index contributed by atoms with van der Waals surface area (Å²) in [4.78, 5) is 4.68. The van der Waals surface area contributed by atoms with Crippen molar-refractivity contribution in [1.82, 2.24) is 0 Å². The van der Waals surface area contributed by atoms with E-state index in [0.29, 0.717) is 23.1 Å². The first-order valence-electron chi connectivity index (χ1n) is 9.52. The molecule has 0 amide bonds. The molecule has 0 unspecified atom stereocenters. The lowest BCUT2D eigenvalue weighted by Gasteiger charge is -2.11. The van der Waals surface area contributed by atoms with Gasteiger partial charge in [0.1, 0.15) is 23.0 Å². The van der Waals surface area contributed by atoms with E-state index in [2.05, 4.69) is 4.99 Å². The van der Waals surface area contributed by atoms with Gasteiger partial charge in [0.2, 0.25) is 5.90 Å². The van der Waals surface area contributed by atoms with Crippen LogP contribution in [0.1, 0.15) is 12.5 Å². The quantitative estimate of drug-likeness (QED) is 0.271. The molecule has 0 heterocycles. The molecule has 0 aliphatic rings. The second-order valence-electron chi connectivity index (χ2n) is 6.63. The summed E-state index contributed by atoms with van der Waals surface area (Å²) < 4.78 is 22.3. The van der Waals surface area contributed by atoms with E-state index < -0.39 is 0 Å². The van der Waals surface area contributed by atoms with E-state index in [1.807, 2.05) is 86.6 Å². The molecule has 0 radical (unpaired) electrons. The number of nitrogens with zero attached hydrogens (tertiary/aromatic N) is 1. The van der Waals surface area contributed by atoms with E-state index in [9.17, 15) is 0 Å². The first-order chi connectivity index (χ1) is 14.6. The van der Waals surface area contributed by atoms with Crippen molar-refractivity contribution in [1.29, 1.82) is 0 Å². The number of methoxy groups -OCH3 is 2. The molecule has 0 N–H and O–H groups in total. The number of hydrogen-bond donors (Lipinski definition) is 0. The Balaban J connectivity index is 1.87. The number of aryl methyl sites for hydroxylation is 1. The van der Waals surface area contributed by atoms with Gasteiger partial charge in [0.25, 0.3) is 0 Å². The van der Waals surface area contributed by atoms with Crippen LogP contribution in [0.4, 0.5) is 5.69 Å². The van der Waals surface area contributed by atoms with Crippen LogP contribution in [0.2, 0.25) is 0 Å². The van der Waals surface area contributed by atoms with Crippen molar-refractivity contribution >= 4 is 11.6 Å². The minimum absolute atomic E-state index is 0.431. The van der Waals surface area contributed by atoms with Crippen molar-refractivity contribution in [3.05, 3.63) is 90.2 Å². The zero-order chi connectivity index (χ0) is 21.3. The molecule has 0 aliphatic carbocycles. The summed E-state index contributed by atoms with van der Waals surface area (Å²) in [7, 11) is 3.25. The molecular formula is C25H25NO4. The van der Waals surface area contributed by atoms with E-state index >= 15 is 0 Å². The molecule has 5 nitrogen and oxygen atoms in total. The normalized spacial score (nSPS) is 11.7. The predicted octanol–water partition coefficient (Wildman–Crippen LogP) is 6.10. The van der Waals surface area contributed by atoms with Crippen LogP contribution >= 0.6 is 0 Å². The Bertz CT molecular complexity index is 1020. The monoisotopic (exact) mass is 403 g/mol. The summed E-state index contributed by atoms with van der Waals surface area (Å²) >= 11 is 0. The molecule has 0 aromatic heterocycles. The van der Waals surface area contributed by atoms with Crippen molar-refractivity contribution in [2.24, 2.45) is 4.99 Å². The lowest BCUT2D eigenvalue weighted by Crippen LogP contribution is -2.11. The zero-order valence-corrected chi connectivity index (χ0v) is 17.6. The second kappa shape index (κ2) is 10.2. The van der Waals surface area contributed by atoms with Crippen LogP contribution in [-0.2, 0) is 0 Å². The highest BCUT2D eigenvalue weighted by Gasteiger charge is 2.09. The molecule has 0 fully saturated rings. The van der Waals surface area contributed by atoms with Crippen LogP contribution in [0.5, 0.6) is 23.0 Å². The van der Waals surface area contributed by atoms with Crippen molar-refractivity contribution in [2.75, 3.05) is 14.2 Å². The maximum atomic E-state index is 6.08. The molecule has 154 valence electrons. The molecule has 3 rings (SSSR count). The minimum atomic E-state index is 0.431. The molecule has 0 spiro atoms. The minimum Gasteiger partial charge on any atom is -0.497 e. The summed E-state index contributed by atoms with van der Waals surface area (Å²) in [5, 5.41) is 0. The zero-order valence-electron chi connectivity index (χ0n) is 17.6. The van der Waals surface area contributed by atoms with Crippen LogP contribution in [-0.4, -0.2) is 20.1 Å². The molecular weight excluding hydrogens is 378 g/mol. The summed E-state index contributed by atoms with van der Waals surface area (Å²) in [6.07, 6.45) is 1.62. The summed E-state index contributed by atoms with van der Waals surface area (Å²) in [6, 6.07) is 22.6. The molecule has 5 heteroatoms. The van der Waals surface area contributed by atoms with Gasteiger partial charge in [0.05, 0.1) is 26.2 Å². The Labute approximate surface area is 177 Å². The SMILES string of the molecule is COc1ccc(O/C=C(C)/C(=N/c2ccc(C)cc2)Oc2cccc(OC)c2)cc1. The lowest BCUT2D eigenvalue weighted by molar-refractivity contribution is 0.411. The number of hydrogen-bond acceptors (Lipinski definition) is 5. The fourth-order valence-corrected chi connectivity index (χ4v) is 2.57. The third kappa shape index (κ3) is 5.88. The topological polar surface area (TPSA) is 49.3 Å². The van der Waals surface area contributed by atoms with Crippen molar-refractivity contribution in [3.8, 4) is 23.0 Å². The molecule has 3 aromatic carbocycles. The Morgan fingerprint density at radius 1 is 0.767 bits per heavy atom. The van der Waals surface area contributed by atoms with E-state index in [0.717, 1.165) is 17.0 Å². The Hall–Kier alpha value is -3.73. The highest BCUT2D eigenvalue weighted by atomic mass is 16.5. The maximum absolute atomic E-state index is 6.08. The van der Waals surface area contributed by atoms with Gasteiger partial charge in [-0.2, -0.15) is 0 Å². The van der Waals surface area contributed by atoms with E-state index in [1.54, 1.807) is 20.5 Å². The van der Waals surface area contributed by atoms with Crippen LogP contribution < -0.4 is 18.9 Å². The molecule has 0 saturated heterocycles. The van der Waals surface area contributed by atoms with E-state index in [4.69, 9.17) is 18.9 Å². The Kier molecular flexibility index (Phi) is 7.11. The number of rotatable bonds is 7. The van der Waals surface area contributed by atoms with Gasteiger partial charge in [-0.05, 0) is 62.4 Å². The third-order valence-electron chi connectivity index (χ3n) is 4.29. The standard InChI is InChI=1S/C25H25NO4/c1-18-8-10-20(11-9-18)26-25(30-24-7-5-6-23(16-24)28-4)19(2)17-29-22-14-12-21(27-3)13-15-22/h5-17H,1-4H3/b19-17+,26-25-. The maximum Gasteiger partial charge on any atom is 0.225 e. The van der Waals surface area contributed by atoms with Gasteiger partial charge in [0.15, 0.2) is 0 Å². The number of ether oxygens (including phenoxy) is 4. The summed E-state index contributed by atoms with van der Waals surface area (Å²) in [6.45, 7) is 3.92. The van der Waals surface area contributed by atoms with Gasteiger partial charge in [-0.15, -0.1) is 0 Å². The first kappa shape index (κ1) is 21.0. The van der Waals surface area contributed by atoms with Crippen LogP contribution in [0.15, 0.2) is 89.6 Å². The molecule has 0 atom stereocenters. The van der Waals surface area contributed by atoms with Crippen LogP contribution in [0, 0.1) is 6.92 Å². The average Bonchev–Trinajstić information content (AvgIpc) is 2.79. The highest BCUT2D eigenvalue weighted by Crippen LogP contribution is 2.23. The van der Waals surface area contributed by atoms with E-state index in [-0.39, 0.29) is 0 Å². The lowest BCUT2D eigenvalue weighted by atomic mass is 10.2. The second-order valence-corrected chi connectivity index (χ2v) is 6.63. The fourth-order valence-electron chi connectivity index (χ4n) is 2.57. The summed E-state index contributed by atoms with van der Waals surface area (Å²) in [5.74, 6) is 3.22. The molecule has 0 aliphatic heterocycles. The van der Waals surface area contributed by atoms with Crippen molar-refractivity contribution in [2.45, 2.75) is 13.8 Å². The van der Waals surface area contributed by atoms with Crippen LogP contribution in [0.3, 0.4) is 0 Å². The molecule has 0 bridgehead atoms. The fraction of sp³-hybridized carbons (Fsp3) is 0.160. The van der Waals surface area contributed by atoms with Gasteiger partial charge in [0, 0.05) is 11.6 Å². The molecule has 30 heavy (non-hydrogen) atoms. The van der Waals surface area contributed by atoms with Gasteiger partial charge >= 0.3 is 0 Å². The Morgan fingerprint density at radius 3 is 2.07 bits per heavy atom. The summed E-state index contributed by atoms with van der Waals surface area (Å²) in [5.41, 5.74) is 2.68. The molecule has 3 aromatic rings. The highest BCUT2D eigenvalue weighted by molar-refractivity contribution is 5.96.